The highest BCUT2D eigenvalue weighted by Gasteiger charge is 2.33. The fraction of sp³-hybridized carbons (Fsp3) is 0.438. The Labute approximate surface area is 131 Å². The lowest BCUT2D eigenvalue weighted by molar-refractivity contribution is -0.134. The van der Waals surface area contributed by atoms with E-state index in [1.807, 2.05) is 0 Å². The van der Waals surface area contributed by atoms with E-state index in [9.17, 15) is 23.2 Å². The number of aldehydes is 1. The Morgan fingerprint density at radius 2 is 1.87 bits per heavy atom. The number of carbonyl (C=O) groups is 3. The third-order valence-electron chi connectivity index (χ3n) is 4.43. The third-order valence-corrected chi connectivity index (χ3v) is 4.43. The van der Waals surface area contributed by atoms with Gasteiger partial charge in [-0.05, 0) is 25.0 Å². The Bertz CT molecular complexity index is 654. The van der Waals surface area contributed by atoms with Crippen LogP contribution in [0, 0.1) is 17.6 Å². The molecule has 1 N–H and O–H groups in total. The molecular weight excluding hydrogens is 306 g/mol. The van der Waals surface area contributed by atoms with Crippen molar-refractivity contribution in [3.05, 3.63) is 29.3 Å². The van der Waals surface area contributed by atoms with E-state index < -0.39 is 29.4 Å². The van der Waals surface area contributed by atoms with Gasteiger partial charge in [-0.25, -0.2) is 8.78 Å². The Morgan fingerprint density at radius 3 is 2.43 bits per heavy atom. The SMILES string of the molecule is O=C[C@@H]1CCN(c2cc(F)c([C@H]3CCC(=O)NC3=O)c(F)c2)C1. The minimum absolute atomic E-state index is 0.0597. The zero-order valence-electron chi connectivity index (χ0n) is 12.4. The molecule has 2 saturated heterocycles. The van der Waals surface area contributed by atoms with Crippen LogP contribution < -0.4 is 10.2 Å². The van der Waals surface area contributed by atoms with E-state index in [1.54, 1.807) is 4.90 Å². The first-order valence-corrected chi connectivity index (χ1v) is 7.52. The van der Waals surface area contributed by atoms with Crippen molar-refractivity contribution < 1.29 is 23.2 Å². The lowest BCUT2D eigenvalue weighted by Crippen LogP contribution is -2.40. The first-order chi connectivity index (χ1) is 11.0. The molecule has 1 aromatic carbocycles. The second kappa shape index (κ2) is 6.06. The molecule has 2 aliphatic rings. The van der Waals surface area contributed by atoms with E-state index in [-0.39, 0.29) is 24.3 Å². The van der Waals surface area contributed by atoms with Crippen LogP contribution in [0.15, 0.2) is 12.1 Å². The zero-order valence-corrected chi connectivity index (χ0v) is 12.4. The fourth-order valence-corrected chi connectivity index (χ4v) is 3.19. The number of hydrogen-bond acceptors (Lipinski definition) is 4. The highest BCUT2D eigenvalue weighted by molar-refractivity contribution is 6.01. The predicted octanol–water partition coefficient (Wildman–Crippen LogP) is 1.51. The minimum atomic E-state index is -0.997. The Balaban J connectivity index is 1.88. The maximum absolute atomic E-state index is 14.4. The second-order valence-electron chi connectivity index (χ2n) is 5.96. The van der Waals surface area contributed by atoms with Crippen molar-refractivity contribution in [2.75, 3.05) is 18.0 Å². The Morgan fingerprint density at radius 1 is 1.17 bits per heavy atom. The lowest BCUT2D eigenvalue weighted by atomic mass is 9.89. The van der Waals surface area contributed by atoms with Crippen LogP contribution in [0.5, 0.6) is 0 Å². The molecule has 0 spiro atoms. The number of imide groups is 1. The van der Waals surface area contributed by atoms with E-state index in [0.29, 0.717) is 25.2 Å². The van der Waals surface area contributed by atoms with Gasteiger partial charge in [-0.2, -0.15) is 0 Å². The average molecular weight is 322 g/mol. The summed E-state index contributed by atoms with van der Waals surface area (Å²) in [5.41, 5.74) is 0.0604. The molecule has 0 bridgehead atoms. The number of nitrogens with zero attached hydrogens (tertiary/aromatic N) is 1. The van der Waals surface area contributed by atoms with Crippen molar-refractivity contribution >= 4 is 23.8 Å². The van der Waals surface area contributed by atoms with Crippen LogP contribution in [0.25, 0.3) is 0 Å². The number of nitrogens with one attached hydrogen (secondary N) is 1. The van der Waals surface area contributed by atoms with Gasteiger partial charge in [0.25, 0.3) is 0 Å². The number of anilines is 1. The van der Waals surface area contributed by atoms with Crippen LogP contribution in [-0.2, 0) is 14.4 Å². The molecule has 2 fully saturated rings. The third kappa shape index (κ3) is 2.95. The van der Waals surface area contributed by atoms with Crippen LogP contribution in [0.3, 0.4) is 0 Å². The first kappa shape index (κ1) is 15.6. The molecule has 2 atom stereocenters. The van der Waals surface area contributed by atoms with Gasteiger partial charge in [0.05, 0.1) is 5.92 Å². The fourth-order valence-electron chi connectivity index (χ4n) is 3.19. The molecule has 0 radical (unpaired) electrons. The molecule has 2 amide bonds. The molecule has 2 heterocycles. The van der Waals surface area contributed by atoms with E-state index in [2.05, 4.69) is 5.32 Å². The smallest absolute Gasteiger partial charge is 0.234 e. The van der Waals surface area contributed by atoms with Crippen molar-refractivity contribution in [3.63, 3.8) is 0 Å². The molecule has 0 unspecified atom stereocenters. The summed E-state index contributed by atoms with van der Waals surface area (Å²) in [5, 5.41) is 2.10. The number of halogens is 2. The van der Waals surface area contributed by atoms with Gasteiger partial charge in [0.15, 0.2) is 0 Å². The van der Waals surface area contributed by atoms with E-state index >= 15 is 0 Å². The maximum atomic E-state index is 14.4. The van der Waals surface area contributed by atoms with Gasteiger partial charge in [-0.15, -0.1) is 0 Å². The van der Waals surface area contributed by atoms with Gasteiger partial charge in [-0.1, -0.05) is 0 Å². The highest BCUT2D eigenvalue weighted by atomic mass is 19.1. The van der Waals surface area contributed by atoms with E-state index in [4.69, 9.17) is 0 Å². The monoisotopic (exact) mass is 322 g/mol. The topological polar surface area (TPSA) is 66.5 Å². The van der Waals surface area contributed by atoms with Crippen molar-refractivity contribution in [3.8, 4) is 0 Å². The average Bonchev–Trinajstić information content (AvgIpc) is 2.97. The van der Waals surface area contributed by atoms with Crippen LogP contribution in [-0.4, -0.2) is 31.2 Å². The Kier molecular flexibility index (Phi) is 4.11. The summed E-state index contributed by atoms with van der Waals surface area (Å²) in [4.78, 5) is 35.5. The summed E-state index contributed by atoms with van der Waals surface area (Å²) >= 11 is 0. The predicted molar refractivity (Wildman–Crippen MR) is 77.9 cm³/mol. The Hall–Kier alpha value is -2.31. The van der Waals surface area contributed by atoms with Crippen molar-refractivity contribution in [1.29, 1.82) is 0 Å². The van der Waals surface area contributed by atoms with Gasteiger partial charge in [0.2, 0.25) is 11.8 Å². The number of benzene rings is 1. The minimum Gasteiger partial charge on any atom is -0.371 e. The van der Waals surface area contributed by atoms with Crippen LogP contribution in [0.4, 0.5) is 14.5 Å². The van der Waals surface area contributed by atoms with Gasteiger partial charge >= 0.3 is 0 Å². The molecule has 0 aliphatic carbocycles. The van der Waals surface area contributed by atoms with Crippen LogP contribution in [0.2, 0.25) is 0 Å². The molecule has 2 aliphatic heterocycles. The second-order valence-corrected chi connectivity index (χ2v) is 5.96. The van der Waals surface area contributed by atoms with E-state index in [1.165, 1.54) is 12.1 Å². The summed E-state index contributed by atoms with van der Waals surface area (Å²) in [6.45, 7) is 0.986. The maximum Gasteiger partial charge on any atom is 0.234 e. The van der Waals surface area contributed by atoms with Crippen molar-refractivity contribution in [2.24, 2.45) is 5.92 Å². The molecule has 1 aromatic rings. The number of rotatable bonds is 3. The summed E-state index contributed by atoms with van der Waals surface area (Å²) in [6.07, 6.45) is 1.66. The van der Waals surface area contributed by atoms with Gasteiger partial charge in [-0.3, -0.25) is 14.9 Å². The zero-order chi connectivity index (χ0) is 16.6. The van der Waals surface area contributed by atoms with Crippen molar-refractivity contribution in [2.45, 2.75) is 25.2 Å². The van der Waals surface area contributed by atoms with Crippen LogP contribution in [0.1, 0.15) is 30.7 Å². The summed E-state index contributed by atoms with van der Waals surface area (Å²) in [7, 11) is 0. The summed E-state index contributed by atoms with van der Waals surface area (Å²) in [6, 6.07) is 2.38. The largest absolute Gasteiger partial charge is 0.371 e. The molecule has 23 heavy (non-hydrogen) atoms. The first-order valence-electron chi connectivity index (χ1n) is 7.52. The van der Waals surface area contributed by atoms with Gasteiger partial charge < -0.3 is 9.69 Å². The van der Waals surface area contributed by atoms with Gasteiger partial charge in [0, 0.05) is 36.7 Å². The molecule has 122 valence electrons. The quantitative estimate of drug-likeness (QED) is 0.677. The lowest BCUT2D eigenvalue weighted by Gasteiger charge is -2.24. The number of amides is 2. The molecule has 0 aromatic heterocycles. The normalized spacial score (nSPS) is 24.7. The highest BCUT2D eigenvalue weighted by Crippen LogP contribution is 2.33. The number of piperidine rings is 1. The molecule has 7 heteroatoms. The van der Waals surface area contributed by atoms with Crippen LogP contribution >= 0.6 is 0 Å². The number of carbonyl (C=O) groups excluding carboxylic acids is 3. The molecule has 5 nitrogen and oxygen atoms in total. The van der Waals surface area contributed by atoms with Crippen molar-refractivity contribution in [1.82, 2.24) is 5.32 Å². The molecular formula is C16H16F2N2O3. The molecule has 0 saturated carbocycles. The molecule has 3 rings (SSSR count). The summed E-state index contributed by atoms with van der Waals surface area (Å²) < 4.78 is 28.8. The standard InChI is InChI=1S/C16H16F2N2O3/c17-12-5-10(20-4-3-9(7-20)8-21)6-13(18)15(12)11-1-2-14(22)19-16(11)23/h5-6,8-9,11H,1-4,7H2,(H,19,22,23)/t9-,11-/m1/s1. The summed E-state index contributed by atoms with van der Waals surface area (Å²) in [5.74, 6) is -3.83. The van der Waals surface area contributed by atoms with E-state index in [0.717, 1.165) is 6.29 Å². The number of hydrogen-bond donors (Lipinski definition) is 1. The van der Waals surface area contributed by atoms with Gasteiger partial charge in [0.1, 0.15) is 17.9 Å².